The van der Waals surface area contributed by atoms with Gasteiger partial charge in [0.15, 0.2) is 0 Å². The number of fused-ring (bicyclic) bond motifs is 2. The van der Waals surface area contributed by atoms with Crippen molar-refractivity contribution in [3.63, 3.8) is 0 Å². The summed E-state index contributed by atoms with van der Waals surface area (Å²) in [5.74, 6) is -0.0346. The third-order valence-electron chi connectivity index (χ3n) is 12.6. The maximum Gasteiger partial charge on any atom is 0.426 e. The summed E-state index contributed by atoms with van der Waals surface area (Å²) in [7, 11) is 0. The molecule has 11 nitrogen and oxygen atoms in total. The SMILES string of the molecule is O=C(N[C@H](Cc1ccc2c(c1)CCCC2)C(=O)N1CCC(N2CCN(Cc3ccccc3)CC2)CC1)ON1CCC(N2CCc3ccccc3NC2=O)CC1. The minimum Gasteiger partial charge on any atom is -0.351 e. The van der Waals surface area contributed by atoms with Crippen LogP contribution in [0.3, 0.4) is 0 Å². The first-order valence-corrected chi connectivity index (χ1v) is 20.7. The van der Waals surface area contributed by atoms with Crippen molar-refractivity contribution in [1.82, 2.24) is 30.0 Å². The van der Waals surface area contributed by atoms with Crippen molar-refractivity contribution < 1.29 is 19.2 Å². The summed E-state index contributed by atoms with van der Waals surface area (Å²) in [6, 6.07) is 25.0. The van der Waals surface area contributed by atoms with Crippen molar-refractivity contribution in [3.8, 4) is 0 Å². The monoisotopic (exact) mass is 747 g/mol. The molecule has 0 saturated carbocycles. The predicted octanol–water partition coefficient (Wildman–Crippen LogP) is 5.48. The van der Waals surface area contributed by atoms with Crippen LogP contribution in [0.15, 0.2) is 72.8 Å². The molecule has 4 heterocycles. The van der Waals surface area contributed by atoms with Crippen molar-refractivity contribution in [3.05, 3.63) is 101 Å². The molecule has 3 aromatic rings. The van der Waals surface area contributed by atoms with Gasteiger partial charge in [-0.25, -0.2) is 9.59 Å². The largest absolute Gasteiger partial charge is 0.426 e. The second-order valence-corrected chi connectivity index (χ2v) is 16.1. The lowest BCUT2D eigenvalue weighted by Crippen LogP contribution is -2.56. The van der Waals surface area contributed by atoms with Crippen LogP contribution in [0.2, 0.25) is 0 Å². The fraction of sp³-hybridized carbons (Fsp3) is 0.523. The molecule has 8 rings (SSSR count). The van der Waals surface area contributed by atoms with E-state index in [2.05, 4.69) is 75.0 Å². The maximum absolute atomic E-state index is 14.3. The highest BCUT2D eigenvalue weighted by atomic mass is 16.7. The van der Waals surface area contributed by atoms with Gasteiger partial charge in [0.25, 0.3) is 0 Å². The van der Waals surface area contributed by atoms with E-state index >= 15 is 0 Å². The Morgan fingerprint density at radius 3 is 2.20 bits per heavy atom. The average molecular weight is 748 g/mol. The molecule has 0 spiro atoms. The number of piperazine rings is 1. The van der Waals surface area contributed by atoms with Gasteiger partial charge < -0.3 is 25.3 Å². The van der Waals surface area contributed by atoms with Gasteiger partial charge in [-0.15, -0.1) is 5.06 Å². The van der Waals surface area contributed by atoms with Crippen LogP contribution in [0.25, 0.3) is 0 Å². The standard InChI is InChI=1S/C44H57N7O4/c52-42(49-21-17-38(18-22-49)48-28-26-47(27-29-48)32-33-8-2-1-3-9-33)41(31-34-14-15-35-10-4-5-12-37(35)30-34)46-44(54)55-50-23-19-39(20-24-50)51-25-16-36-11-6-7-13-40(36)45-43(51)53/h1-3,6-9,11,13-15,30,38-39,41H,4-5,10,12,16-29,31-32H2,(H,45,53)(H,46,54)/t41-/m1/s1. The average Bonchev–Trinajstić information content (AvgIpc) is 3.39. The zero-order chi connectivity index (χ0) is 37.6. The van der Waals surface area contributed by atoms with Gasteiger partial charge in [0, 0.05) is 89.6 Å². The van der Waals surface area contributed by atoms with Crippen molar-refractivity contribution in [2.45, 2.75) is 88.9 Å². The summed E-state index contributed by atoms with van der Waals surface area (Å²) in [4.78, 5) is 55.8. The molecule has 3 saturated heterocycles. The molecule has 55 heavy (non-hydrogen) atoms. The minimum atomic E-state index is -0.716. The summed E-state index contributed by atoms with van der Waals surface area (Å²) in [5, 5.41) is 7.76. The van der Waals surface area contributed by atoms with Crippen LogP contribution in [0.4, 0.5) is 15.3 Å². The molecular formula is C44H57N7O4. The van der Waals surface area contributed by atoms with Gasteiger partial charge >= 0.3 is 12.1 Å². The number of piperidine rings is 2. The molecule has 0 bridgehead atoms. The number of rotatable bonds is 9. The second kappa shape index (κ2) is 17.6. The molecule has 5 aliphatic rings. The Bertz CT molecular complexity index is 1780. The highest BCUT2D eigenvalue weighted by Gasteiger charge is 2.35. The van der Waals surface area contributed by atoms with Crippen molar-refractivity contribution in [1.29, 1.82) is 0 Å². The molecule has 0 aromatic heterocycles. The number of aryl methyl sites for hydroxylation is 2. The highest BCUT2D eigenvalue weighted by Crippen LogP contribution is 2.26. The Balaban J connectivity index is 0.849. The van der Waals surface area contributed by atoms with E-state index in [-0.39, 0.29) is 18.0 Å². The first kappa shape index (κ1) is 37.5. The second-order valence-electron chi connectivity index (χ2n) is 16.1. The number of nitrogens with one attached hydrogen (secondary N) is 2. The molecule has 4 aliphatic heterocycles. The van der Waals surface area contributed by atoms with E-state index in [0.29, 0.717) is 58.0 Å². The number of carbonyl (C=O) groups excluding carboxylic acids is 3. The first-order valence-electron chi connectivity index (χ1n) is 20.7. The number of hydroxylamine groups is 2. The summed E-state index contributed by atoms with van der Waals surface area (Å²) >= 11 is 0. The predicted molar refractivity (Wildman–Crippen MR) is 214 cm³/mol. The Morgan fingerprint density at radius 2 is 1.42 bits per heavy atom. The van der Waals surface area contributed by atoms with Gasteiger partial charge in [0.2, 0.25) is 5.91 Å². The van der Waals surface area contributed by atoms with Gasteiger partial charge in [-0.05, 0) is 91.7 Å². The zero-order valence-electron chi connectivity index (χ0n) is 32.2. The summed E-state index contributed by atoms with van der Waals surface area (Å²) < 4.78 is 0. The van der Waals surface area contributed by atoms with E-state index in [1.54, 1.807) is 5.06 Å². The minimum absolute atomic E-state index is 0.0346. The van der Waals surface area contributed by atoms with Crippen molar-refractivity contribution in [2.24, 2.45) is 0 Å². The first-order chi connectivity index (χ1) is 26.9. The Morgan fingerprint density at radius 1 is 0.709 bits per heavy atom. The number of benzene rings is 3. The Kier molecular flexibility index (Phi) is 12.0. The Labute approximate surface area is 325 Å². The van der Waals surface area contributed by atoms with E-state index in [9.17, 15) is 14.4 Å². The van der Waals surface area contributed by atoms with E-state index in [0.717, 1.165) is 81.6 Å². The van der Waals surface area contributed by atoms with E-state index in [1.165, 1.54) is 29.5 Å². The number of hydrogen-bond acceptors (Lipinski definition) is 7. The number of hydrogen-bond donors (Lipinski definition) is 2. The van der Waals surface area contributed by atoms with Crippen molar-refractivity contribution >= 4 is 23.7 Å². The molecule has 3 fully saturated rings. The smallest absolute Gasteiger partial charge is 0.351 e. The molecule has 0 radical (unpaired) electrons. The number of likely N-dealkylation sites (tertiary alicyclic amines) is 1. The van der Waals surface area contributed by atoms with Gasteiger partial charge in [-0.3, -0.25) is 14.6 Å². The third kappa shape index (κ3) is 9.34. The van der Waals surface area contributed by atoms with Crippen LogP contribution < -0.4 is 10.6 Å². The number of urea groups is 1. The molecule has 0 unspecified atom stereocenters. The van der Waals surface area contributed by atoms with Crippen LogP contribution in [0, 0.1) is 0 Å². The molecule has 292 valence electrons. The lowest BCUT2D eigenvalue weighted by molar-refractivity contribution is -0.137. The summed E-state index contributed by atoms with van der Waals surface area (Å²) in [6.45, 7) is 8.29. The highest BCUT2D eigenvalue weighted by molar-refractivity contribution is 5.91. The number of anilines is 1. The number of nitrogens with zero attached hydrogens (tertiary/aromatic N) is 5. The third-order valence-corrected chi connectivity index (χ3v) is 12.6. The molecule has 2 N–H and O–H groups in total. The lowest BCUT2D eigenvalue weighted by Gasteiger charge is -2.43. The van der Waals surface area contributed by atoms with Gasteiger partial charge in [0.1, 0.15) is 6.04 Å². The topological polar surface area (TPSA) is 101 Å². The van der Waals surface area contributed by atoms with Crippen LogP contribution in [-0.4, -0.2) is 120 Å². The van der Waals surface area contributed by atoms with Crippen LogP contribution in [0.1, 0.15) is 66.3 Å². The molecule has 1 atom stereocenters. The van der Waals surface area contributed by atoms with Gasteiger partial charge in [-0.2, -0.15) is 0 Å². The molecular weight excluding hydrogens is 691 g/mol. The fourth-order valence-electron chi connectivity index (χ4n) is 9.42. The number of carbonyl (C=O) groups is 3. The number of para-hydroxylation sites is 1. The van der Waals surface area contributed by atoms with Crippen LogP contribution >= 0.6 is 0 Å². The van der Waals surface area contributed by atoms with E-state index < -0.39 is 12.1 Å². The van der Waals surface area contributed by atoms with E-state index in [4.69, 9.17) is 4.84 Å². The molecule has 1 aliphatic carbocycles. The quantitative estimate of drug-likeness (QED) is 0.299. The molecule has 4 amide bonds. The fourth-order valence-corrected chi connectivity index (χ4v) is 9.42. The Hall–Kier alpha value is -4.45. The summed E-state index contributed by atoms with van der Waals surface area (Å²) in [6.07, 6.45) is 8.49. The summed E-state index contributed by atoms with van der Waals surface area (Å²) in [5.41, 5.74) is 7.23. The molecule has 3 aromatic carbocycles. The van der Waals surface area contributed by atoms with E-state index in [1.807, 2.05) is 28.0 Å². The normalized spacial score (nSPS) is 21.2. The molecule has 11 heteroatoms. The number of amides is 4. The lowest BCUT2D eigenvalue weighted by atomic mass is 9.89. The van der Waals surface area contributed by atoms with Crippen molar-refractivity contribution in [2.75, 3.05) is 64.2 Å². The zero-order valence-corrected chi connectivity index (χ0v) is 32.2. The van der Waals surface area contributed by atoms with Crippen LogP contribution in [0.5, 0.6) is 0 Å². The van der Waals surface area contributed by atoms with Crippen LogP contribution in [-0.2, 0) is 41.9 Å². The van der Waals surface area contributed by atoms with Gasteiger partial charge in [0.05, 0.1) is 0 Å². The van der Waals surface area contributed by atoms with Gasteiger partial charge in [-0.1, -0.05) is 66.7 Å². The maximum atomic E-state index is 14.3.